The first kappa shape index (κ1) is 18.2. The van der Waals surface area contributed by atoms with Crippen molar-refractivity contribution in [1.82, 2.24) is 10.6 Å². The molecule has 124 valence electrons. The molecule has 0 atom stereocenters. The van der Waals surface area contributed by atoms with Gasteiger partial charge in [0, 0.05) is 16.6 Å². The maximum atomic E-state index is 12.4. The number of piperidine rings is 1. The van der Waals surface area contributed by atoms with Crippen LogP contribution in [0.25, 0.3) is 10.8 Å². The third-order valence-electron chi connectivity index (χ3n) is 4.55. The number of hydrogen-bond acceptors (Lipinski definition) is 2. The molecule has 1 amide bonds. The lowest BCUT2D eigenvalue weighted by molar-refractivity contribution is 0.0922. The lowest BCUT2D eigenvalue weighted by Gasteiger charge is -2.34. The van der Waals surface area contributed by atoms with E-state index in [4.69, 9.17) is 0 Å². The highest BCUT2D eigenvalue weighted by Gasteiger charge is 2.27. The zero-order valence-corrected chi connectivity index (χ0v) is 15.6. The maximum Gasteiger partial charge on any atom is 0.251 e. The molecule has 1 saturated heterocycles. The molecule has 0 aromatic heterocycles. The van der Waals surface area contributed by atoms with Crippen LogP contribution in [-0.2, 0) is 0 Å². The van der Waals surface area contributed by atoms with Crippen LogP contribution in [0.5, 0.6) is 0 Å². The van der Waals surface area contributed by atoms with Gasteiger partial charge in [0.2, 0.25) is 0 Å². The predicted octanol–water partition coefficient (Wildman–Crippen LogP) is 4.14. The van der Waals surface area contributed by atoms with E-state index in [0.717, 1.165) is 53.3 Å². The van der Waals surface area contributed by atoms with Crippen LogP contribution in [0, 0.1) is 5.41 Å². The first-order valence-electron chi connectivity index (χ1n) is 7.74. The minimum atomic E-state index is 0. The van der Waals surface area contributed by atoms with Gasteiger partial charge in [0.25, 0.3) is 5.91 Å². The highest BCUT2D eigenvalue weighted by Crippen LogP contribution is 2.27. The van der Waals surface area contributed by atoms with Gasteiger partial charge in [-0.2, -0.15) is 0 Å². The van der Waals surface area contributed by atoms with Gasteiger partial charge in [0.15, 0.2) is 0 Å². The average molecular weight is 398 g/mol. The second-order valence-electron chi connectivity index (χ2n) is 6.45. The van der Waals surface area contributed by atoms with Gasteiger partial charge in [-0.1, -0.05) is 35.0 Å². The molecule has 1 fully saturated rings. The number of benzene rings is 2. The van der Waals surface area contributed by atoms with Crippen molar-refractivity contribution >= 4 is 45.0 Å². The molecule has 0 bridgehead atoms. The van der Waals surface area contributed by atoms with E-state index in [1.54, 1.807) is 0 Å². The molecular formula is C18H22BrClN2O. The molecule has 0 aliphatic carbocycles. The summed E-state index contributed by atoms with van der Waals surface area (Å²) in [6.45, 7) is 5.08. The van der Waals surface area contributed by atoms with Crippen LogP contribution in [0.3, 0.4) is 0 Å². The van der Waals surface area contributed by atoms with E-state index < -0.39 is 0 Å². The Morgan fingerprint density at radius 2 is 1.83 bits per heavy atom. The van der Waals surface area contributed by atoms with Gasteiger partial charge in [0.1, 0.15) is 0 Å². The van der Waals surface area contributed by atoms with Gasteiger partial charge in [-0.3, -0.25) is 4.79 Å². The fraction of sp³-hybridized carbons (Fsp3) is 0.389. The van der Waals surface area contributed by atoms with Crippen LogP contribution in [0.4, 0.5) is 0 Å². The second kappa shape index (κ2) is 7.65. The van der Waals surface area contributed by atoms with E-state index in [9.17, 15) is 4.79 Å². The van der Waals surface area contributed by atoms with Gasteiger partial charge in [-0.05, 0) is 66.4 Å². The Bertz CT molecular complexity index is 698. The molecule has 1 heterocycles. The van der Waals surface area contributed by atoms with Crippen LogP contribution >= 0.6 is 28.3 Å². The van der Waals surface area contributed by atoms with E-state index in [0.29, 0.717) is 0 Å². The van der Waals surface area contributed by atoms with E-state index in [-0.39, 0.29) is 23.7 Å². The molecule has 3 rings (SSSR count). The Morgan fingerprint density at radius 3 is 2.57 bits per heavy atom. The largest absolute Gasteiger partial charge is 0.351 e. The van der Waals surface area contributed by atoms with E-state index >= 15 is 0 Å². The van der Waals surface area contributed by atoms with Gasteiger partial charge in [-0.25, -0.2) is 0 Å². The van der Waals surface area contributed by atoms with Crippen molar-refractivity contribution in [2.45, 2.75) is 19.8 Å². The number of nitrogens with one attached hydrogen (secondary N) is 2. The average Bonchev–Trinajstić information content (AvgIpc) is 2.53. The number of fused-ring (bicyclic) bond motifs is 1. The SMILES string of the molecule is CC1(CNC(=O)c2ccc3cc(Br)ccc3c2)CCNCC1.Cl. The molecule has 0 saturated carbocycles. The Morgan fingerprint density at radius 1 is 1.17 bits per heavy atom. The van der Waals surface area contributed by atoms with Crippen LogP contribution in [0.1, 0.15) is 30.1 Å². The standard InChI is InChI=1S/C18H21BrN2O.ClH/c1-18(6-8-20-9-7-18)12-21-17(22)15-3-2-14-11-16(19)5-4-13(14)10-15;/h2-5,10-11,20H,6-9,12H2,1H3,(H,21,22);1H. The molecule has 0 radical (unpaired) electrons. The number of amides is 1. The summed E-state index contributed by atoms with van der Waals surface area (Å²) < 4.78 is 1.05. The summed E-state index contributed by atoms with van der Waals surface area (Å²) in [6.07, 6.45) is 2.22. The second-order valence-corrected chi connectivity index (χ2v) is 7.37. The van der Waals surface area contributed by atoms with Crippen molar-refractivity contribution < 1.29 is 4.79 Å². The number of hydrogen-bond donors (Lipinski definition) is 2. The summed E-state index contributed by atoms with van der Waals surface area (Å²) >= 11 is 3.47. The van der Waals surface area contributed by atoms with Crippen LogP contribution in [-0.4, -0.2) is 25.5 Å². The summed E-state index contributed by atoms with van der Waals surface area (Å²) in [7, 11) is 0. The molecule has 1 aliphatic rings. The molecular weight excluding hydrogens is 376 g/mol. The molecule has 3 nitrogen and oxygen atoms in total. The number of rotatable bonds is 3. The molecule has 2 aromatic carbocycles. The third kappa shape index (κ3) is 4.46. The molecule has 5 heteroatoms. The normalized spacial score (nSPS) is 16.6. The van der Waals surface area contributed by atoms with Crippen LogP contribution < -0.4 is 10.6 Å². The molecule has 1 aliphatic heterocycles. The summed E-state index contributed by atoms with van der Waals surface area (Å²) in [6, 6.07) is 12.0. The smallest absolute Gasteiger partial charge is 0.251 e. The zero-order chi connectivity index (χ0) is 15.6. The molecule has 23 heavy (non-hydrogen) atoms. The van der Waals surface area contributed by atoms with E-state index in [2.05, 4.69) is 39.6 Å². The van der Waals surface area contributed by atoms with Gasteiger partial charge in [0.05, 0.1) is 0 Å². The Balaban J connectivity index is 0.00000192. The molecule has 0 unspecified atom stereocenters. The van der Waals surface area contributed by atoms with Crippen molar-refractivity contribution in [3.63, 3.8) is 0 Å². The van der Waals surface area contributed by atoms with Crippen LogP contribution in [0.15, 0.2) is 40.9 Å². The summed E-state index contributed by atoms with van der Waals surface area (Å²) in [5.74, 6) is 0.0181. The summed E-state index contributed by atoms with van der Waals surface area (Å²) in [5.41, 5.74) is 0.940. The first-order chi connectivity index (χ1) is 10.6. The quantitative estimate of drug-likeness (QED) is 0.817. The third-order valence-corrected chi connectivity index (χ3v) is 5.04. The Kier molecular flexibility index (Phi) is 6.06. The lowest BCUT2D eigenvalue weighted by Crippen LogP contribution is -2.42. The van der Waals surface area contributed by atoms with E-state index in [1.807, 2.05) is 30.3 Å². The number of carbonyl (C=O) groups is 1. The summed E-state index contributed by atoms with van der Waals surface area (Å²) in [5, 5.41) is 8.70. The molecule has 0 spiro atoms. The van der Waals surface area contributed by atoms with Gasteiger partial charge >= 0.3 is 0 Å². The number of halogens is 2. The highest BCUT2D eigenvalue weighted by atomic mass is 79.9. The van der Waals surface area contributed by atoms with Crippen molar-refractivity contribution in [2.75, 3.05) is 19.6 Å². The summed E-state index contributed by atoms with van der Waals surface area (Å²) in [4.78, 5) is 12.4. The predicted molar refractivity (Wildman–Crippen MR) is 101 cm³/mol. The topological polar surface area (TPSA) is 41.1 Å². The van der Waals surface area contributed by atoms with Crippen molar-refractivity contribution in [3.05, 3.63) is 46.4 Å². The highest BCUT2D eigenvalue weighted by molar-refractivity contribution is 9.10. The van der Waals surface area contributed by atoms with Crippen LogP contribution in [0.2, 0.25) is 0 Å². The van der Waals surface area contributed by atoms with Crippen molar-refractivity contribution in [3.8, 4) is 0 Å². The minimum Gasteiger partial charge on any atom is -0.351 e. The first-order valence-corrected chi connectivity index (χ1v) is 8.53. The zero-order valence-electron chi connectivity index (χ0n) is 13.2. The lowest BCUT2D eigenvalue weighted by atomic mass is 9.81. The van der Waals surface area contributed by atoms with Gasteiger partial charge < -0.3 is 10.6 Å². The number of carbonyl (C=O) groups excluding carboxylic acids is 1. The van der Waals surface area contributed by atoms with E-state index in [1.165, 1.54) is 0 Å². The van der Waals surface area contributed by atoms with Gasteiger partial charge in [-0.15, -0.1) is 12.4 Å². The van der Waals surface area contributed by atoms with Crippen molar-refractivity contribution in [2.24, 2.45) is 5.41 Å². The fourth-order valence-electron chi connectivity index (χ4n) is 2.96. The fourth-order valence-corrected chi connectivity index (χ4v) is 3.34. The molecule has 2 aromatic rings. The maximum absolute atomic E-state index is 12.4. The molecule has 2 N–H and O–H groups in total. The monoisotopic (exact) mass is 396 g/mol. The van der Waals surface area contributed by atoms with Crippen molar-refractivity contribution in [1.29, 1.82) is 0 Å². The minimum absolute atomic E-state index is 0. The Hall–Kier alpha value is -1.10. The Labute approximate surface area is 151 Å².